The standard InChI is InChI=1S/C47H42N4/c1-46(2,3)37-29-41-42(30-38(37)47(4,5)6)51(36-17-11-8-12-18-36)45(50-41)35-27-23-32(24-28-35)31-21-25-34(26-22-31)44-43(33-15-9-7-10-16-33)48-39-19-13-14-20-40(39)49-44/h7-30H,1-6H3. The molecule has 0 N–H and O–H groups in total. The van der Waals surface area contributed by atoms with E-state index in [2.05, 4.69) is 149 Å². The molecule has 8 rings (SSSR count). The molecule has 51 heavy (non-hydrogen) atoms. The molecule has 0 bridgehead atoms. The van der Waals surface area contributed by atoms with Gasteiger partial charge < -0.3 is 0 Å². The van der Waals surface area contributed by atoms with Crippen molar-refractivity contribution in [2.45, 2.75) is 52.4 Å². The van der Waals surface area contributed by atoms with Crippen LogP contribution < -0.4 is 0 Å². The van der Waals surface area contributed by atoms with Crippen LogP contribution in [-0.2, 0) is 10.8 Å². The fourth-order valence-corrected chi connectivity index (χ4v) is 7.03. The third-order valence-corrected chi connectivity index (χ3v) is 9.68. The molecule has 0 aliphatic carbocycles. The third-order valence-electron chi connectivity index (χ3n) is 9.68. The number of fused-ring (bicyclic) bond motifs is 2. The van der Waals surface area contributed by atoms with Crippen molar-refractivity contribution in [3.05, 3.63) is 157 Å². The summed E-state index contributed by atoms with van der Waals surface area (Å²) in [4.78, 5) is 15.4. The van der Waals surface area contributed by atoms with Crippen LogP contribution in [0.2, 0.25) is 0 Å². The Morgan fingerprint density at radius 3 is 1.35 bits per heavy atom. The van der Waals surface area contributed by atoms with Crippen LogP contribution in [0.25, 0.3) is 72.8 Å². The third kappa shape index (κ3) is 6.12. The van der Waals surface area contributed by atoms with Gasteiger partial charge in [-0.3, -0.25) is 4.57 Å². The van der Waals surface area contributed by atoms with E-state index in [0.717, 1.165) is 72.8 Å². The van der Waals surface area contributed by atoms with Gasteiger partial charge in [0.2, 0.25) is 0 Å². The Morgan fingerprint density at radius 2 is 0.824 bits per heavy atom. The number of aromatic nitrogens is 4. The normalized spacial score (nSPS) is 12.1. The Balaban J connectivity index is 1.19. The molecule has 0 amide bonds. The largest absolute Gasteiger partial charge is 0.292 e. The predicted octanol–water partition coefficient (Wildman–Crippen LogP) is 12.2. The molecular formula is C47H42N4. The van der Waals surface area contributed by atoms with Crippen LogP contribution in [0.5, 0.6) is 0 Å². The lowest BCUT2D eigenvalue weighted by atomic mass is 9.75. The van der Waals surface area contributed by atoms with Crippen molar-refractivity contribution >= 4 is 22.1 Å². The second-order valence-electron chi connectivity index (χ2n) is 15.4. The quantitative estimate of drug-likeness (QED) is 0.184. The van der Waals surface area contributed by atoms with Gasteiger partial charge in [0.25, 0.3) is 0 Å². The first kappa shape index (κ1) is 32.3. The summed E-state index contributed by atoms with van der Waals surface area (Å²) in [6, 6.07) is 51.1. The van der Waals surface area contributed by atoms with Gasteiger partial charge in [-0.05, 0) is 69.5 Å². The molecule has 4 nitrogen and oxygen atoms in total. The highest BCUT2D eigenvalue weighted by atomic mass is 15.1. The lowest BCUT2D eigenvalue weighted by molar-refractivity contribution is 0.531. The van der Waals surface area contributed by atoms with E-state index in [1.54, 1.807) is 0 Å². The van der Waals surface area contributed by atoms with Gasteiger partial charge in [-0.1, -0.05) is 151 Å². The van der Waals surface area contributed by atoms with Crippen LogP contribution in [-0.4, -0.2) is 19.5 Å². The summed E-state index contributed by atoms with van der Waals surface area (Å²) >= 11 is 0. The van der Waals surface area contributed by atoms with Crippen molar-refractivity contribution in [2.75, 3.05) is 0 Å². The van der Waals surface area contributed by atoms with Gasteiger partial charge in [0, 0.05) is 22.4 Å². The Morgan fingerprint density at radius 1 is 0.392 bits per heavy atom. The summed E-state index contributed by atoms with van der Waals surface area (Å²) in [6.45, 7) is 13.8. The maximum absolute atomic E-state index is 5.31. The predicted molar refractivity (Wildman–Crippen MR) is 213 cm³/mol. The van der Waals surface area contributed by atoms with Crippen LogP contribution in [0.3, 0.4) is 0 Å². The summed E-state index contributed by atoms with van der Waals surface area (Å²) in [5.41, 5.74) is 14.9. The van der Waals surface area contributed by atoms with Crippen molar-refractivity contribution in [3.63, 3.8) is 0 Å². The number of nitrogens with zero attached hydrogens (tertiary/aromatic N) is 4. The zero-order valence-electron chi connectivity index (χ0n) is 30.1. The van der Waals surface area contributed by atoms with Crippen molar-refractivity contribution < 1.29 is 0 Å². The van der Waals surface area contributed by atoms with Gasteiger partial charge in [-0.15, -0.1) is 0 Å². The van der Waals surface area contributed by atoms with E-state index in [4.69, 9.17) is 15.0 Å². The number of hydrogen-bond donors (Lipinski definition) is 0. The monoisotopic (exact) mass is 662 g/mol. The molecule has 250 valence electrons. The van der Waals surface area contributed by atoms with E-state index >= 15 is 0 Å². The average molecular weight is 663 g/mol. The maximum atomic E-state index is 5.31. The number of para-hydroxylation sites is 3. The Labute approximate surface area is 300 Å². The second kappa shape index (κ2) is 12.5. The molecule has 2 aromatic heterocycles. The summed E-state index contributed by atoms with van der Waals surface area (Å²) < 4.78 is 2.32. The van der Waals surface area contributed by atoms with E-state index < -0.39 is 0 Å². The minimum absolute atomic E-state index is 0.00528. The minimum atomic E-state index is -0.00998. The Bertz CT molecular complexity index is 2500. The van der Waals surface area contributed by atoms with E-state index in [-0.39, 0.29) is 10.8 Å². The van der Waals surface area contributed by atoms with Gasteiger partial charge in [0.05, 0.1) is 33.5 Å². The molecule has 8 aromatic rings. The molecule has 0 spiro atoms. The smallest absolute Gasteiger partial charge is 0.145 e. The molecule has 0 fully saturated rings. The number of benzene rings is 6. The zero-order valence-corrected chi connectivity index (χ0v) is 30.1. The lowest BCUT2D eigenvalue weighted by Gasteiger charge is -2.30. The molecular weight excluding hydrogens is 621 g/mol. The first-order chi connectivity index (χ1) is 24.5. The van der Waals surface area contributed by atoms with Crippen LogP contribution in [0.15, 0.2) is 146 Å². The van der Waals surface area contributed by atoms with Crippen molar-refractivity contribution in [1.82, 2.24) is 19.5 Å². The van der Waals surface area contributed by atoms with Crippen molar-refractivity contribution in [3.8, 4) is 50.7 Å². The van der Waals surface area contributed by atoms with Gasteiger partial charge in [-0.2, -0.15) is 0 Å². The Kier molecular flexibility index (Phi) is 7.91. The molecule has 0 saturated heterocycles. The molecule has 0 radical (unpaired) electrons. The first-order valence-corrected chi connectivity index (χ1v) is 17.7. The van der Waals surface area contributed by atoms with E-state index in [1.807, 2.05) is 42.5 Å². The highest BCUT2D eigenvalue weighted by molar-refractivity contribution is 5.88. The second-order valence-corrected chi connectivity index (χ2v) is 15.4. The number of imidazole rings is 1. The maximum Gasteiger partial charge on any atom is 0.145 e. The van der Waals surface area contributed by atoms with Crippen molar-refractivity contribution in [1.29, 1.82) is 0 Å². The summed E-state index contributed by atoms with van der Waals surface area (Å²) in [5, 5.41) is 0. The summed E-state index contributed by atoms with van der Waals surface area (Å²) in [6.07, 6.45) is 0. The van der Waals surface area contributed by atoms with Crippen LogP contribution in [0.1, 0.15) is 52.7 Å². The van der Waals surface area contributed by atoms with Crippen molar-refractivity contribution in [2.24, 2.45) is 0 Å². The van der Waals surface area contributed by atoms with Crippen LogP contribution in [0, 0.1) is 0 Å². The van der Waals surface area contributed by atoms with Crippen LogP contribution >= 0.6 is 0 Å². The molecule has 2 heterocycles. The van der Waals surface area contributed by atoms with E-state index in [0.29, 0.717) is 0 Å². The molecule has 0 saturated carbocycles. The van der Waals surface area contributed by atoms with Gasteiger partial charge in [-0.25, -0.2) is 15.0 Å². The van der Waals surface area contributed by atoms with Gasteiger partial charge in [0.15, 0.2) is 0 Å². The van der Waals surface area contributed by atoms with Gasteiger partial charge >= 0.3 is 0 Å². The topological polar surface area (TPSA) is 43.6 Å². The molecule has 0 aliphatic heterocycles. The molecule has 0 atom stereocenters. The molecule has 6 aromatic carbocycles. The first-order valence-electron chi connectivity index (χ1n) is 17.7. The summed E-state index contributed by atoms with van der Waals surface area (Å²) in [7, 11) is 0. The SMILES string of the molecule is CC(C)(C)c1cc2nc(-c3ccc(-c4ccc(-c5nc6ccccc6nc5-c5ccccc5)cc4)cc3)n(-c3ccccc3)c2cc1C(C)(C)C. The number of hydrogen-bond acceptors (Lipinski definition) is 3. The summed E-state index contributed by atoms with van der Waals surface area (Å²) in [5.74, 6) is 0.937. The molecule has 0 aliphatic rings. The van der Waals surface area contributed by atoms with E-state index in [1.165, 1.54) is 11.1 Å². The highest BCUT2D eigenvalue weighted by Gasteiger charge is 2.28. The fraction of sp³-hybridized carbons (Fsp3) is 0.170. The zero-order chi connectivity index (χ0) is 35.3. The number of rotatable bonds is 5. The fourth-order valence-electron chi connectivity index (χ4n) is 7.03. The molecule has 0 unspecified atom stereocenters. The average Bonchev–Trinajstić information content (AvgIpc) is 3.53. The van der Waals surface area contributed by atoms with Gasteiger partial charge in [0.1, 0.15) is 5.82 Å². The Hall–Kier alpha value is -5.87. The molecule has 4 heteroatoms. The lowest BCUT2D eigenvalue weighted by Crippen LogP contribution is -2.22. The highest BCUT2D eigenvalue weighted by Crippen LogP contribution is 2.39. The minimum Gasteiger partial charge on any atom is -0.292 e. The van der Waals surface area contributed by atoms with E-state index in [9.17, 15) is 0 Å². The van der Waals surface area contributed by atoms with Crippen LogP contribution in [0.4, 0.5) is 0 Å².